The Bertz CT molecular complexity index is 676. The Morgan fingerprint density at radius 1 is 1.17 bits per heavy atom. The van der Waals surface area contributed by atoms with Crippen LogP contribution >= 0.6 is 11.3 Å². The lowest BCUT2D eigenvalue weighted by molar-refractivity contribution is -0.138. The topological polar surface area (TPSA) is 23.6 Å². The van der Waals surface area contributed by atoms with E-state index in [1.165, 1.54) is 17.5 Å². The van der Waals surface area contributed by atoms with Gasteiger partial charge in [-0.2, -0.15) is 0 Å². The fraction of sp³-hybridized carbons (Fsp3) is 0.421. The van der Waals surface area contributed by atoms with Crippen molar-refractivity contribution >= 4 is 17.2 Å². The van der Waals surface area contributed by atoms with E-state index in [-0.39, 0.29) is 0 Å². The van der Waals surface area contributed by atoms with E-state index in [0.29, 0.717) is 18.4 Å². The third-order valence-electron chi connectivity index (χ3n) is 5.04. The predicted octanol–water partition coefficient (Wildman–Crippen LogP) is 2.95. The van der Waals surface area contributed by atoms with Crippen LogP contribution in [-0.4, -0.2) is 41.4 Å². The number of rotatable bonds is 4. The number of aryl methyl sites for hydroxylation is 1. The molecule has 0 bridgehead atoms. The molecule has 0 saturated carbocycles. The molecule has 23 heavy (non-hydrogen) atoms. The number of likely N-dealkylation sites (tertiary alicyclic amines) is 1. The first kappa shape index (κ1) is 14.9. The molecule has 120 valence electrons. The monoisotopic (exact) mass is 326 g/mol. The summed E-state index contributed by atoms with van der Waals surface area (Å²) in [6.07, 6.45) is 2.65. The lowest BCUT2D eigenvalue weighted by Gasteiger charge is -2.46. The highest BCUT2D eigenvalue weighted by atomic mass is 32.1. The van der Waals surface area contributed by atoms with E-state index < -0.39 is 0 Å². The molecule has 1 aromatic heterocycles. The number of carbonyl (C=O) groups is 1. The number of amides is 1. The number of thiophene rings is 1. The highest BCUT2D eigenvalue weighted by Crippen LogP contribution is 2.27. The van der Waals surface area contributed by atoms with Gasteiger partial charge < -0.3 is 4.90 Å². The molecule has 2 aliphatic rings. The minimum Gasteiger partial charge on any atom is -0.339 e. The van der Waals surface area contributed by atoms with Crippen molar-refractivity contribution in [2.75, 3.05) is 19.6 Å². The molecule has 0 radical (unpaired) electrons. The zero-order chi connectivity index (χ0) is 15.6. The van der Waals surface area contributed by atoms with E-state index in [2.05, 4.69) is 28.5 Å². The maximum absolute atomic E-state index is 12.3. The van der Waals surface area contributed by atoms with Gasteiger partial charge in [-0.1, -0.05) is 30.3 Å². The average Bonchev–Trinajstić information content (AvgIpc) is 3.00. The summed E-state index contributed by atoms with van der Waals surface area (Å²) in [5.41, 5.74) is 2.74. The van der Waals surface area contributed by atoms with Crippen molar-refractivity contribution in [3.8, 4) is 0 Å². The number of hydrogen-bond acceptors (Lipinski definition) is 3. The number of nitrogens with zero attached hydrogens (tertiary/aromatic N) is 2. The number of carbonyl (C=O) groups excluding carboxylic acids is 1. The molecule has 3 nitrogen and oxygen atoms in total. The van der Waals surface area contributed by atoms with Crippen LogP contribution in [0.2, 0.25) is 0 Å². The van der Waals surface area contributed by atoms with Gasteiger partial charge in [0.25, 0.3) is 0 Å². The molecule has 0 unspecified atom stereocenters. The van der Waals surface area contributed by atoms with Crippen molar-refractivity contribution in [1.82, 2.24) is 9.80 Å². The van der Waals surface area contributed by atoms with Crippen molar-refractivity contribution in [1.29, 1.82) is 0 Å². The molecule has 1 aromatic carbocycles. The first-order chi connectivity index (χ1) is 11.3. The van der Waals surface area contributed by atoms with Crippen LogP contribution in [0, 0.1) is 0 Å². The zero-order valence-corrected chi connectivity index (χ0v) is 14.1. The Hall–Kier alpha value is -1.65. The molecule has 4 heteroatoms. The second-order valence-corrected chi connectivity index (χ2v) is 7.53. The van der Waals surface area contributed by atoms with Crippen molar-refractivity contribution in [3.05, 3.63) is 57.8 Å². The Morgan fingerprint density at radius 2 is 2.00 bits per heavy atom. The molecule has 0 spiro atoms. The van der Waals surface area contributed by atoms with Gasteiger partial charge in [0.1, 0.15) is 0 Å². The summed E-state index contributed by atoms with van der Waals surface area (Å²) in [4.78, 5) is 18.4. The van der Waals surface area contributed by atoms with Gasteiger partial charge in [-0.15, -0.1) is 11.3 Å². The van der Waals surface area contributed by atoms with Gasteiger partial charge in [0, 0.05) is 43.5 Å². The van der Waals surface area contributed by atoms with Gasteiger partial charge in [0.05, 0.1) is 0 Å². The molecule has 1 saturated heterocycles. The summed E-state index contributed by atoms with van der Waals surface area (Å²) in [7, 11) is 0. The minimum atomic E-state index is 0.304. The molecule has 2 aliphatic heterocycles. The van der Waals surface area contributed by atoms with Crippen molar-refractivity contribution in [3.63, 3.8) is 0 Å². The summed E-state index contributed by atoms with van der Waals surface area (Å²) >= 11 is 1.88. The largest absolute Gasteiger partial charge is 0.339 e. The molecule has 1 amide bonds. The second kappa shape index (κ2) is 6.46. The Morgan fingerprint density at radius 3 is 2.83 bits per heavy atom. The molecular formula is C19H22N2OS. The second-order valence-electron chi connectivity index (χ2n) is 6.53. The standard InChI is InChI=1S/C19H22N2OS/c22-19(7-6-15-4-2-1-3-5-15)21-13-17(14-21)20-10-8-18-16(12-20)9-11-23-18/h1-5,9,11,17H,6-8,10,12-14H2. The van der Waals surface area contributed by atoms with Crippen LogP contribution in [0.3, 0.4) is 0 Å². The summed E-state index contributed by atoms with van der Waals surface area (Å²) in [6, 6.07) is 13.1. The average molecular weight is 326 g/mol. The van der Waals surface area contributed by atoms with Crippen molar-refractivity contribution in [2.45, 2.75) is 31.8 Å². The molecule has 0 aliphatic carbocycles. The van der Waals surface area contributed by atoms with E-state index in [1.807, 2.05) is 34.4 Å². The van der Waals surface area contributed by atoms with Crippen LogP contribution < -0.4 is 0 Å². The highest BCUT2D eigenvalue weighted by Gasteiger charge is 2.35. The molecule has 3 heterocycles. The Labute approximate surface area is 141 Å². The van der Waals surface area contributed by atoms with Gasteiger partial charge in [-0.25, -0.2) is 0 Å². The van der Waals surface area contributed by atoms with E-state index in [0.717, 1.165) is 32.6 Å². The van der Waals surface area contributed by atoms with Crippen molar-refractivity contribution in [2.24, 2.45) is 0 Å². The maximum atomic E-state index is 12.3. The van der Waals surface area contributed by atoms with Crippen molar-refractivity contribution < 1.29 is 4.79 Å². The third kappa shape index (κ3) is 3.19. The summed E-state index contributed by atoms with van der Waals surface area (Å²) < 4.78 is 0. The fourth-order valence-electron chi connectivity index (χ4n) is 3.53. The fourth-order valence-corrected chi connectivity index (χ4v) is 4.42. The molecule has 2 aromatic rings. The molecule has 0 atom stereocenters. The Kier molecular flexibility index (Phi) is 4.19. The van der Waals surface area contributed by atoms with Gasteiger partial charge >= 0.3 is 0 Å². The van der Waals surface area contributed by atoms with Crippen LogP contribution in [0.4, 0.5) is 0 Å². The lowest BCUT2D eigenvalue weighted by atomic mass is 10.0. The lowest BCUT2D eigenvalue weighted by Crippen LogP contribution is -2.61. The predicted molar refractivity (Wildman–Crippen MR) is 93.6 cm³/mol. The van der Waals surface area contributed by atoms with Gasteiger partial charge in [0.15, 0.2) is 0 Å². The first-order valence-electron chi connectivity index (χ1n) is 8.40. The first-order valence-corrected chi connectivity index (χ1v) is 9.28. The van der Waals surface area contributed by atoms with Gasteiger partial charge in [-0.05, 0) is 35.4 Å². The highest BCUT2D eigenvalue weighted by molar-refractivity contribution is 7.10. The van der Waals surface area contributed by atoms with E-state index in [4.69, 9.17) is 0 Å². The SMILES string of the molecule is O=C(CCc1ccccc1)N1CC(N2CCc3sccc3C2)C1. The molecule has 4 rings (SSSR count). The summed E-state index contributed by atoms with van der Waals surface area (Å²) in [5, 5.41) is 2.20. The molecule has 0 N–H and O–H groups in total. The minimum absolute atomic E-state index is 0.304. The zero-order valence-electron chi connectivity index (χ0n) is 13.3. The maximum Gasteiger partial charge on any atom is 0.223 e. The summed E-state index contributed by atoms with van der Waals surface area (Å²) in [5.74, 6) is 0.304. The van der Waals surface area contributed by atoms with Crippen LogP contribution in [-0.2, 0) is 24.2 Å². The van der Waals surface area contributed by atoms with Crippen LogP contribution in [0.15, 0.2) is 41.8 Å². The van der Waals surface area contributed by atoms with Crippen LogP contribution in [0.1, 0.15) is 22.4 Å². The third-order valence-corrected chi connectivity index (χ3v) is 6.06. The van der Waals surface area contributed by atoms with E-state index in [1.54, 1.807) is 4.88 Å². The van der Waals surface area contributed by atoms with Gasteiger partial charge in [-0.3, -0.25) is 9.69 Å². The number of fused-ring (bicyclic) bond motifs is 1. The number of hydrogen-bond donors (Lipinski definition) is 0. The van der Waals surface area contributed by atoms with E-state index in [9.17, 15) is 4.79 Å². The van der Waals surface area contributed by atoms with E-state index >= 15 is 0 Å². The Balaban J connectivity index is 1.24. The smallest absolute Gasteiger partial charge is 0.223 e. The van der Waals surface area contributed by atoms with Gasteiger partial charge in [0.2, 0.25) is 5.91 Å². The quantitative estimate of drug-likeness (QED) is 0.862. The number of benzene rings is 1. The van der Waals surface area contributed by atoms with Crippen LogP contribution in [0.5, 0.6) is 0 Å². The van der Waals surface area contributed by atoms with Crippen LogP contribution in [0.25, 0.3) is 0 Å². The normalized spacial score (nSPS) is 18.5. The molecular weight excluding hydrogens is 304 g/mol. The molecule has 1 fully saturated rings. The summed E-state index contributed by atoms with van der Waals surface area (Å²) in [6.45, 7) is 4.03.